The predicted molar refractivity (Wildman–Crippen MR) is 78.2 cm³/mol. The van der Waals surface area contributed by atoms with Gasteiger partial charge in [0.15, 0.2) is 0 Å². The molecule has 0 amide bonds. The molecule has 2 N–H and O–H groups in total. The predicted octanol–water partition coefficient (Wildman–Crippen LogP) is 3.54. The van der Waals surface area contributed by atoms with Crippen LogP contribution in [-0.2, 0) is 6.54 Å². The molecule has 0 fully saturated rings. The lowest BCUT2D eigenvalue weighted by Gasteiger charge is -2.08. The Labute approximate surface area is 116 Å². The van der Waals surface area contributed by atoms with Gasteiger partial charge in [0.25, 0.3) is 0 Å². The first kappa shape index (κ1) is 13.6. The van der Waals surface area contributed by atoms with Gasteiger partial charge in [-0.2, -0.15) is 0 Å². The fraction of sp³-hybridized carbons (Fsp3) is 0.286. The molecule has 0 radical (unpaired) electrons. The van der Waals surface area contributed by atoms with Gasteiger partial charge in [-0.3, -0.25) is 0 Å². The number of aliphatic hydroxyl groups is 1. The van der Waals surface area contributed by atoms with Crippen molar-refractivity contribution in [2.45, 2.75) is 19.5 Å². The van der Waals surface area contributed by atoms with Crippen LogP contribution in [-0.4, -0.2) is 17.8 Å². The van der Waals surface area contributed by atoms with Crippen molar-refractivity contribution in [2.24, 2.45) is 0 Å². The molecule has 1 aromatic heterocycles. The van der Waals surface area contributed by atoms with Crippen LogP contribution < -0.4 is 5.32 Å². The summed E-state index contributed by atoms with van der Waals surface area (Å²) < 4.78 is 0. The summed E-state index contributed by atoms with van der Waals surface area (Å²) >= 11 is 7.90. The average molecular weight is 282 g/mol. The van der Waals surface area contributed by atoms with Gasteiger partial charge in [0.05, 0.1) is 6.61 Å². The maximum Gasteiger partial charge on any atom is 0.0582 e. The van der Waals surface area contributed by atoms with Gasteiger partial charge in [-0.15, -0.1) is 11.3 Å². The van der Waals surface area contributed by atoms with Crippen LogP contribution in [0.15, 0.2) is 36.4 Å². The van der Waals surface area contributed by atoms with Crippen LogP contribution in [0.5, 0.6) is 0 Å². The van der Waals surface area contributed by atoms with Crippen LogP contribution in [0.2, 0.25) is 5.02 Å². The van der Waals surface area contributed by atoms with E-state index in [1.807, 2.05) is 31.2 Å². The number of hydrogen-bond acceptors (Lipinski definition) is 3. The van der Waals surface area contributed by atoms with Gasteiger partial charge in [0, 0.05) is 32.9 Å². The lowest BCUT2D eigenvalue weighted by Crippen LogP contribution is -2.28. The van der Waals surface area contributed by atoms with Gasteiger partial charge in [-0.25, -0.2) is 0 Å². The monoisotopic (exact) mass is 281 g/mol. The van der Waals surface area contributed by atoms with E-state index < -0.39 is 0 Å². The zero-order valence-corrected chi connectivity index (χ0v) is 11.8. The summed E-state index contributed by atoms with van der Waals surface area (Å²) in [5.41, 5.74) is 1.07. The molecule has 2 nitrogen and oxygen atoms in total. The minimum atomic E-state index is 0.121. The molecule has 0 aliphatic rings. The smallest absolute Gasteiger partial charge is 0.0582 e. The second kappa shape index (κ2) is 6.34. The lowest BCUT2D eigenvalue weighted by atomic mass is 10.2. The summed E-state index contributed by atoms with van der Waals surface area (Å²) in [5.74, 6) is 0. The zero-order chi connectivity index (χ0) is 13.0. The Morgan fingerprint density at radius 3 is 2.78 bits per heavy atom. The number of benzene rings is 1. The van der Waals surface area contributed by atoms with Gasteiger partial charge in [-0.05, 0) is 25.1 Å². The van der Waals surface area contributed by atoms with Crippen LogP contribution in [0, 0.1) is 0 Å². The van der Waals surface area contributed by atoms with Crippen LogP contribution in [0.4, 0.5) is 0 Å². The summed E-state index contributed by atoms with van der Waals surface area (Å²) in [7, 11) is 0. The van der Waals surface area contributed by atoms with Gasteiger partial charge < -0.3 is 10.4 Å². The number of thiophene rings is 1. The largest absolute Gasteiger partial charge is 0.395 e. The number of aliphatic hydroxyl groups excluding tert-OH is 1. The molecule has 96 valence electrons. The Kier molecular flexibility index (Phi) is 4.78. The van der Waals surface area contributed by atoms with Crippen molar-refractivity contribution in [1.29, 1.82) is 0 Å². The van der Waals surface area contributed by atoms with E-state index in [2.05, 4.69) is 17.4 Å². The first-order chi connectivity index (χ1) is 8.70. The average Bonchev–Trinajstić information content (AvgIpc) is 2.85. The maximum absolute atomic E-state index is 8.96. The van der Waals surface area contributed by atoms with Crippen molar-refractivity contribution >= 4 is 22.9 Å². The molecule has 1 heterocycles. The summed E-state index contributed by atoms with van der Waals surface area (Å²) in [6.07, 6.45) is 0. The maximum atomic E-state index is 8.96. The Morgan fingerprint density at radius 1 is 1.28 bits per heavy atom. The van der Waals surface area contributed by atoms with E-state index in [-0.39, 0.29) is 12.6 Å². The van der Waals surface area contributed by atoms with Gasteiger partial charge in [0.2, 0.25) is 0 Å². The molecule has 18 heavy (non-hydrogen) atoms. The first-order valence-corrected chi connectivity index (χ1v) is 7.08. The molecule has 0 unspecified atom stereocenters. The molecule has 0 saturated heterocycles. The number of rotatable bonds is 5. The molecular formula is C14H16ClNOS. The molecule has 2 rings (SSSR count). The topological polar surface area (TPSA) is 32.3 Å². The van der Waals surface area contributed by atoms with Crippen LogP contribution in [0.1, 0.15) is 11.8 Å². The highest BCUT2D eigenvalue weighted by atomic mass is 35.5. The van der Waals surface area contributed by atoms with Gasteiger partial charge >= 0.3 is 0 Å². The highest BCUT2D eigenvalue weighted by Gasteiger charge is 2.07. The van der Waals surface area contributed by atoms with E-state index in [1.165, 1.54) is 9.75 Å². The molecule has 0 aliphatic carbocycles. The van der Waals surface area contributed by atoms with Crippen molar-refractivity contribution in [1.82, 2.24) is 5.32 Å². The van der Waals surface area contributed by atoms with E-state index in [0.717, 1.165) is 17.1 Å². The summed E-state index contributed by atoms with van der Waals surface area (Å²) in [6.45, 7) is 2.89. The normalized spacial score (nSPS) is 12.6. The highest BCUT2D eigenvalue weighted by Crippen LogP contribution is 2.33. The van der Waals surface area contributed by atoms with Gasteiger partial charge in [-0.1, -0.05) is 29.8 Å². The second-order valence-electron chi connectivity index (χ2n) is 4.21. The molecular weight excluding hydrogens is 266 g/mol. The number of nitrogens with one attached hydrogen (secondary N) is 1. The van der Waals surface area contributed by atoms with Crippen molar-refractivity contribution in [3.63, 3.8) is 0 Å². The molecule has 1 atom stereocenters. The quantitative estimate of drug-likeness (QED) is 0.879. The minimum Gasteiger partial charge on any atom is -0.395 e. The van der Waals surface area contributed by atoms with Crippen molar-refractivity contribution in [2.75, 3.05) is 6.61 Å². The molecule has 4 heteroatoms. The van der Waals surface area contributed by atoms with Crippen LogP contribution in [0.3, 0.4) is 0 Å². The van der Waals surface area contributed by atoms with E-state index in [9.17, 15) is 0 Å². The molecule has 0 bridgehead atoms. The Hall–Kier alpha value is -0.870. The molecule has 1 aromatic carbocycles. The zero-order valence-electron chi connectivity index (χ0n) is 10.2. The Bertz CT molecular complexity index is 512. The van der Waals surface area contributed by atoms with Crippen molar-refractivity contribution in [3.05, 3.63) is 46.3 Å². The first-order valence-electron chi connectivity index (χ1n) is 5.88. The van der Waals surface area contributed by atoms with Gasteiger partial charge in [0.1, 0.15) is 0 Å². The number of halogens is 1. The third kappa shape index (κ3) is 3.33. The van der Waals surface area contributed by atoms with E-state index >= 15 is 0 Å². The van der Waals surface area contributed by atoms with Crippen molar-refractivity contribution in [3.8, 4) is 10.4 Å². The minimum absolute atomic E-state index is 0.121. The van der Waals surface area contributed by atoms with E-state index in [4.69, 9.17) is 16.7 Å². The molecule has 0 spiro atoms. The fourth-order valence-corrected chi connectivity index (χ4v) is 2.91. The van der Waals surface area contributed by atoms with Crippen molar-refractivity contribution < 1.29 is 5.11 Å². The third-order valence-electron chi connectivity index (χ3n) is 2.70. The third-order valence-corrected chi connectivity index (χ3v) is 4.15. The molecule has 0 aliphatic heterocycles. The highest BCUT2D eigenvalue weighted by molar-refractivity contribution is 7.15. The fourth-order valence-electron chi connectivity index (χ4n) is 1.62. The molecule has 0 saturated carbocycles. The Morgan fingerprint density at radius 2 is 2.06 bits per heavy atom. The van der Waals surface area contributed by atoms with Crippen LogP contribution in [0.25, 0.3) is 10.4 Å². The number of hydrogen-bond donors (Lipinski definition) is 2. The standard InChI is InChI=1S/C14H16ClNOS/c1-10(9-17)16-8-11-6-7-14(18-11)12-4-2-3-5-13(12)15/h2-7,10,16-17H,8-9H2,1H3/t10-/m1/s1. The van der Waals surface area contributed by atoms with Crippen LogP contribution >= 0.6 is 22.9 Å². The van der Waals surface area contributed by atoms with E-state index in [1.54, 1.807) is 11.3 Å². The lowest BCUT2D eigenvalue weighted by molar-refractivity contribution is 0.251. The van der Waals surface area contributed by atoms with E-state index in [0.29, 0.717) is 0 Å². The Balaban J connectivity index is 2.09. The second-order valence-corrected chi connectivity index (χ2v) is 5.79. The molecule has 2 aromatic rings. The summed E-state index contributed by atoms with van der Waals surface area (Å²) in [5, 5.41) is 13.0. The SMILES string of the molecule is C[C@H](CO)NCc1ccc(-c2ccccc2Cl)s1. The summed E-state index contributed by atoms with van der Waals surface area (Å²) in [6, 6.07) is 12.2. The summed E-state index contributed by atoms with van der Waals surface area (Å²) in [4.78, 5) is 2.42.